The normalized spacial score (nSPS) is 19.6. The van der Waals surface area contributed by atoms with Gasteiger partial charge in [0, 0.05) is 6.42 Å². The van der Waals surface area contributed by atoms with Crippen LogP contribution in [0.5, 0.6) is 0 Å². The van der Waals surface area contributed by atoms with Crippen molar-refractivity contribution in [2.24, 2.45) is 0 Å². The highest BCUT2D eigenvalue weighted by atomic mass is 35.5. The summed E-state index contributed by atoms with van der Waals surface area (Å²) in [7, 11) is 0. The Balaban J connectivity index is 1.72. The summed E-state index contributed by atoms with van der Waals surface area (Å²) in [6, 6.07) is 10.3. The highest BCUT2D eigenvalue weighted by Gasteiger charge is 2.31. The second kappa shape index (κ2) is 5.94. The molecule has 0 aliphatic heterocycles. The molecule has 1 aliphatic rings. The third-order valence-corrected chi connectivity index (χ3v) is 3.98. The molecule has 2 amide bonds. The zero-order valence-electron chi connectivity index (χ0n) is 11.5. The van der Waals surface area contributed by atoms with Crippen LogP contribution < -0.4 is 10.6 Å². The molecule has 4 nitrogen and oxygen atoms in total. The first kappa shape index (κ1) is 14.8. The summed E-state index contributed by atoms with van der Waals surface area (Å²) in [4.78, 5) is 12.1. The number of benzene rings is 2. The molecule has 2 aromatic rings. The van der Waals surface area contributed by atoms with Gasteiger partial charge in [-0.1, -0.05) is 35.9 Å². The fourth-order valence-electron chi connectivity index (χ4n) is 2.64. The number of hydrogen-bond donors (Lipinski definition) is 3. The van der Waals surface area contributed by atoms with E-state index in [0.717, 1.165) is 17.2 Å². The number of hydrogen-bond acceptors (Lipinski definition) is 2. The van der Waals surface area contributed by atoms with E-state index in [-0.39, 0.29) is 5.02 Å². The number of carbonyl (C=O) groups is 1. The summed E-state index contributed by atoms with van der Waals surface area (Å²) >= 11 is 5.87. The van der Waals surface area contributed by atoms with Crippen molar-refractivity contribution < 1.29 is 14.3 Å². The average Bonchev–Trinajstić information content (AvgIpc) is 2.78. The van der Waals surface area contributed by atoms with E-state index in [2.05, 4.69) is 10.6 Å². The molecule has 0 aromatic heterocycles. The molecule has 6 heteroatoms. The lowest BCUT2D eigenvalue weighted by atomic mass is 10.1. The number of rotatable bonds is 2. The Labute approximate surface area is 131 Å². The van der Waals surface area contributed by atoms with Gasteiger partial charge >= 0.3 is 6.03 Å². The molecule has 1 aliphatic carbocycles. The lowest BCUT2D eigenvalue weighted by molar-refractivity contribution is 0.144. The number of nitrogens with one attached hydrogen (secondary N) is 2. The second-order valence-electron chi connectivity index (χ2n) is 5.17. The predicted octanol–water partition coefficient (Wildman–Crippen LogP) is 3.26. The van der Waals surface area contributed by atoms with Crippen molar-refractivity contribution in [2.45, 2.75) is 18.6 Å². The van der Waals surface area contributed by atoms with Crippen LogP contribution in [0.25, 0.3) is 0 Å². The van der Waals surface area contributed by atoms with Gasteiger partial charge < -0.3 is 15.7 Å². The number of aliphatic hydroxyl groups is 1. The molecule has 2 atom stereocenters. The molecule has 22 heavy (non-hydrogen) atoms. The molecule has 114 valence electrons. The van der Waals surface area contributed by atoms with E-state index < -0.39 is 24.0 Å². The third-order valence-electron chi connectivity index (χ3n) is 3.67. The van der Waals surface area contributed by atoms with Crippen LogP contribution in [0, 0.1) is 5.82 Å². The van der Waals surface area contributed by atoms with Crippen LogP contribution in [0.3, 0.4) is 0 Å². The molecule has 0 radical (unpaired) electrons. The average molecular weight is 321 g/mol. The standard InChI is InChI=1S/C16H14ClFN2O2/c17-12-8-10(18)5-6-13(12)19-16(22)20-15-11-4-2-1-3-9(11)7-14(15)21/h1-6,8,14-15,21H,7H2,(H2,19,20,22)/t14-,15+/m1/s1. The van der Waals surface area contributed by atoms with Crippen molar-refractivity contribution in [2.75, 3.05) is 5.32 Å². The van der Waals surface area contributed by atoms with Gasteiger partial charge in [-0.05, 0) is 29.3 Å². The summed E-state index contributed by atoms with van der Waals surface area (Å²) in [5, 5.41) is 15.5. The molecule has 0 spiro atoms. The van der Waals surface area contributed by atoms with Gasteiger partial charge in [0.2, 0.25) is 0 Å². The van der Waals surface area contributed by atoms with Crippen LogP contribution >= 0.6 is 11.6 Å². The van der Waals surface area contributed by atoms with E-state index in [4.69, 9.17) is 11.6 Å². The first-order valence-corrected chi connectivity index (χ1v) is 7.21. The van der Waals surface area contributed by atoms with Crippen molar-refractivity contribution >= 4 is 23.3 Å². The zero-order valence-corrected chi connectivity index (χ0v) is 12.3. The fourth-order valence-corrected chi connectivity index (χ4v) is 2.85. The molecule has 3 rings (SSSR count). The van der Waals surface area contributed by atoms with Crippen LogP contribution in [0.1, 0.15) is 17.2 Å². The molecule has 0 saturated carbocycles. The molecule has 2 aromatic carbocycles. The van der Waals surface area contributed by atoms with Gasteiger partial charge in [-0.15, -0.1) is 0 Å². The monoisotopic (exact) mass is 320 g/mol. The van der Waals surface area contributed by atoms with E-state index in [1.807, 2.05) is 24.3 Å². The Kier molecular flexibility index (Phi) is 4.00. The van der Waals surface area contributed by atoms with E-state index in [0.29, 0.717) is 12.1 Å². The minimum atomic E-state index is -0.674. The Morgan fingerprint density at radius 1 is 1.27 bits per heavy atom. The SMILES string of the molecule is O=C(Nc1ccc(F)cc1Cl)N[C@H]1c2ccccc2C[C@H]1O. The lowest BCUT2D eigenvalue weighted by Crippen LogP contribution is -2.36. The topological polar surface area (TPSA) is 61.4 Å². The summed E-state index contributed by atoms with van der Waals surface area (Å²) in [5.41, 5.74) is 2.22. The minimum Gasteiger partial charge on any atom is -0.390 e. The summed E-state index contributed by atoms with van der Waals surface area (Å²) in [6.45, 7) is 0. The molecule has 0 saturated heterocycles. The van der Waals surface area contributed by atoms with E-state index in [1.54, 1.807) is 0 Å². The van der Waals surface area contributed by atoms with Crippen molar-refractivity contribution in [1.29, 1.82) is 0 Å². The number of carbonyl (C=O) groups excluding carboxylic acids is 1. The van der Waals surface area contributed by atoms with Crippen LogP contribution in [0.4, 0.5) is 14.9 Å². The van der Waals surface area contributed by atoms with Crippen LogP contribution in [0.2, 0.25) is 5.02 Å². The highest BCUT2D eigenvalue weighted by molar-refractivity contribution is 6.33. The van der Waals surface area contributed by atoms with Gasteiger partial charge in [0.05, 0.1) is 22.9 Å². The molecule has 0 fully saturated rings. The van der Waals surface area contributed by atoms with Gasteiger partial charge in [-0.25, -0.2) is 9.18 Å². The van der Waals surface area contributed by atoms with E-state index in [1.165, 1.54) is 12.1 Å². The second-order valence-corrected chi connectivity index (χ2v) is 5.58. The number of fused-ring (bicyclic) bond motifs is 1. The first-order valence-electron chi connectivity index (χ1n) is 6.83. The van der Waals surface area contributed by atoms with Crippen molar-refractivity contribution in [3.63, 3.8) is 0 Å². The first-order chi connectivity index (χ1) is 10.5. The van der Waals surface area contributed by atoms with Gasteiger partial charge in [-0.3, -0.25) is 0 Å². The maximum Gasteiger partial charge on any atom is 0.319 e. The Bertz CT molecular complexity index is 723. The predicted molar refractivity (Wildman–Crippen MR) is 82.5 cm³/mol. The molecular formula is C16H14ClFN2O2. The number of halogens is 2. The molecule has 0 heterocycles. The van der Waals surface area contributed by atoms with Gasteiger partial charge in [-0.2, -0.15) is 0 Å². The largest absolute Gasteiger partial charge is 0.390 e. The van der Waals surface area contributed by atoms with E-state index >= 15 is 0 Å². The Morgan fingerprint density at radius 3 is 2.82 bits per heavy atom. The van der Waals surface area contributed by atoms with Gasteiger partial charge in [0.25, 0.3) is 0 Å². The summed E-state index contributed by atoms with van der Waals surface area (Å²) in [5.74, 6) is -0.476. The molecule has 0 bridgehead atoms. The van der Waals surface area contributed by atoms with E-state index in [9.17, 15) is 14.3 Å². The van der Waals surface area contributed by atoms with Crippen LogP contribution in [-0.4, -0.2) is 17.2 Å². The van der Waals surface area contributed by atoms with Crippen LogP contribution in [0.15, 0.2) is 42.5 Å². The number of anilines is 1. The van der Waals surface area contributed by atoms with Crippen LogP contribution in [-0.2, 0) is 6.42 Å². The van der Waals surface area contributed by atoms with Crippen molar-refractivity contribution in [3.05, 3.63) is 64.4 Å². The quantitative estimate of drug-likeness (QED) is 0.795. The molecular weight excluding hydrogens is 307 g/mol. The molecule has 3 N–H and O–H groups in total. The van der Waals surface area contributed by atoms with Crippen molar-refractivity contribution in [3.8, 4) is 0 Å². The third kappa shape index (κ3) is 2.91. The number of amides is 2. The molecule has 0 unspecified atom stereocenters. The van der Waals surface area contributed by atoms with Gasteiger partial charge in [0.1, 0.15) is 5.82 Å². The maximum absolute atomic E-state index is 13.0. The highest BCUT2D eigenvalue weighted by Crippen LogP contribution is 2.31. The minimum absolute atomic E-state index is 0.113. The van der Waals surface area contributed by atoms with Crippen molar-refractivity contribution in [1.82, 2.24) is 5.32 Å². The number of aliphatic hydroxyl groups excluding tert-OH is 1. The summed E-state index contributed by atoms with van der Waals surface area (Å²) in [6.07, 6.45) is -0.176. The lowest BCUT2D eigenvalue weighted by Gasteiger charge is -2.18. The Hall–Kier alpha value is -2.11. The summed E-state index contributed by atoms with van der Waals surface area (Å²) < 4.78 is 13.0. The number of urea groups is 1. The fraction of sp³-hybridized carbons (Fsp3) is 0.188. The van der Waals surface area contributed by atoms with Gasteiger partial charge in [0.15, 0.2) is 0 Å². The Morgan fingerprint density at radius 2 is 2.05 bits per heavy atom. The smallest absolute Gasteiger partial charge is 0.319 e. The maximum atomic E-state index is 13.0. The zero-order chi connectivity index (χ0) is 15.7.